The molecule has 0 fully saturated rings. The highest BCUT2D eigenvalue weighted by atomic mass is 19.3. The van der Waals surface area contributed by atoms with E-state index < -0.39 is 19.2 Å². The highest BCUT2D eigenvalue weighted by Crippen LogP contribution is 2.25. The molecule has 0 aliphatic heterocycles. The summed E-state index contributed by atoms with van der Waals surface area (Å²) in [6.45, 7) is 0.298. The van der Waals surface area contributed by atoms with Gasteiger partial charge < -0.3 is 19.9 Å². The number of aryl methyl sites for hydroxylation is 2. The fourth-order valence-electron chi connectivity index (χ4n) is 2.78. The van der Waals surface area contributed by atoms with Crippen LogP contribution in [-0.2, 0) is 11.2 Å². The van der Waals surface area contributed by atoms with Crippen molar-refractivity contribution < 1.29 is 33.0 Å². The minimum absolute atomic E-state index is 0.0818. The summed E-state index contributed by atoms with van der Waals surface area (Å²) in [5.41, 5.74) is 2.24. The van der Waals surface area contributed by atoms with E-state index in [4.69, 9.17) is 9.84 Å². The normalized spacial score (nSPS) is 10.6. The fourth-order valence-corrected chi connectivity index (χ4v) is 2.78. The van der Waals surface area contributed by atoms with Gasteiger partial charge in [-0.05, 0) is 55.2 Å². The third kappa shape index (κ3) is 5.94. The Kier molecular flexibility index (Phi) is 7.31. The van der Waals surface area contributed by atoms with Gasteiger partial charge in [-0.3, -0.25) is 4.79 Å². The first-order chi connectivity index (χ1) is 13.3. The zero-order valence-corrected chi connectivity index (χ0v) is 15.5. The quantitative estimate of drug-likeness (QED) is 0.683. The Hall–Kier alpha value is -3.16. The van der Waals surface area contributed by atoms with Crippen LogP contribution in [0, 0.1) is 13.8 Å². The minimum atomic E-state index is -2.91. The number of aliphatic carboxylic acids is 1. The van der Waals surface area contributed by atoms with E-state index >= 15 is 0 Å². The highest BCUT2D eigenvalue weighted by molar-refractivity contribution is 5.94. The maximum Gasteiger partial charge on any atom is 0.387 e. The molecule has 1 amide bonds. The number of carbonyl (C=O) groups excluding carboxylic acids is 1. The lowest BCUT2D eigenvalue weighted by Gasteiger charge is -2.13. The SMILES string of the molecule is Cc1cc(C(=O)NCCc2ccccc2OC(F)F)cc(C)c1OCC(=O)O. The Morgan fingerprint density at radius 1 is 1.14 bits per heavy atom. The number of rotatable bonds is 9. The number of carboxylic acid groups (broad SMARTS) is 1. The van der Waals surface area contributed by atoms with Crippen molar-refractivity contribution in [3.63, 3.8) is 0 Å². The molecule has 0 aliphatic rings. The molecule has 0 radical (unpaired) electrons. The lowest BCUT2D eigenvalue weighted by Crippen LogP contribution is -2.26. The second-order valence-corrected chi connectivity index (χ2v) is 6.11. The predicted octanol–water partition coefficient (Wildman–Crippen LogP) is 3.34. The predicted molar refractivity (Wildman–Crippen MR) is 98.2 cm³/mol. The molecule has 8 heteroatoms. The average Bonchev–Trinajstić information content (AvgIpc) is 2.61. The van der Waals surface area contributed by atoms with E-state index in [2.05, 4.69) is 10.1 Å². The van der Waals surface area contributed by atoms with Crippen LogP contribution in [0.5, 0.6) is 11.5 Å². The van der Waals surface area contributed by atoms with Crippen LogP contribution >= 0.6 is 0 Å². The van der Waals surface area contributed by atoms with Crippen molar-refractivity contribution in [1.82, 2.24) is 5.32 Å². The molecular formula is C20H21F2NO5. The van der Waals surface area contributed by atoms with Gasteiger partial charge >= 0.3 is 12.6 Å². The molecule has 2 N–H and O–H groups in total. The van der Waals surface area contributed by atoms with Crippen molar-refractivity contribution in [3.05, 3.63) is 58.7 Å². The van der Waals surface area contributed by atoms with E-state index in [-0.39, 0.29) is 18.2 Å². The molecule has 0 saturated carbocycles. The molecule has 0 atom stereocenters. The van der Waals surface area contributed by atoms with Gasteiger partial charge in [-0.2, -0.15) is 8.78 Å². The molecule has 2 aromatic rings. The van der Waals surface area contributed by atoms with Crippen LogP contribution in [-0.4, -0.2) is 36.7 Å². The second-order valence-electron chi connectivity index (χ2n) is 6.11. The first-order valence-corrected chi connectivity index (χ1v) is 8.54. The monoisotopic (exact) mass is 393 g/mol. The van der Waals surface area contributed by atoms with E-state index in [1.807, 2.05) is 0 Å². The Labute approximate surface area is 161 Å². The van der Waals surface area contributed by atoms with Gasteiger partial charge in [0, 0.05) is 12.1 Å². The van der Waals surface area contributed by atoms with Crippen molar-refractivity contribution in [2.75, 3.05) is 13.2 Å². The first kappa shape index (κ1) is 21.1. The molecule has 0 unspecified atom stereocenters. The summed E-state index contributed by atoms with van der Waals surface area (Å²) in [5.74, 6) is -0.907. The number of hydrogen-bond acceptors (Lipinski definition) is 4. The van der Waals surface area contributed by atoms with Crippen molar-refractivity contribution in [3.8, 4) is 11.5 Å². The molecule has 0 heterocycles. The van der Waals surface area contributed by atoms with E-state index in [0.717, 1.165) is 0 Å². The molecule has 0 bridgehead atoms. The smallest absolute Gasteiger partial charge is 0.387 e. The number of hydrogen-bond donors (Lipinski definition) is 2. The molecule has 2 rings (SSSR count). The summed E-state index contributed by atoms with van der Waals surface area (Å²) < 4.78 is 34.6. The third-order valence-electron chi connectivity index (χ3n) is 3.93. The van der Waals surface area contributed by atoms with Crippen LogP contribution in [0.3, 0.4) is 0 Å². The Morgan fingerprint density at radius 3 is 2.39 bits per heavy atom. The summed E-state index contributed by atoms with van der Waals surface area (Å²) in [4.78, 5) is 23.0. The number of alkyl halides is 2. The van der Waals surface area contributed by atoms with Gasteiger partial charge in [-0.25, -0.2) is 4.79 Å². The largest absolute Gasteiger partial charge is 0.481 e. The van der Waals surface area contributed by atoms with E-state index in [1.54, 1.807) is 44.2 Å². The molecular weight excluding hydrogens is 372 g/mol. The lowest BCUT2D eigenvalue weighted by atomic mass is 10.0. The van der Waals surface area contributed by atoms with Gasteiger partial charge in [0.2, 0.25) is 0 Å². The van der Waals surface area contributed by atoms with Gasteiger partial charge in [0.15, 0.2) is 6.61 Å². The number of carboxylic acids is 1. The molecule has 0 saturated heterocycles. The van der Waals surface area contributed by atoms with Crippen LogP contribution in [0.15, 0.2) is 36.4 Å². The Balaban J connectivity index is 1.99. The van der Waals surface area contributed by atoms with Crippen LogP contribution in [0.4, 0.5) is 8.78 Å². The maximum absolute atomic E-state index is 12.4. The van der Waals surface area contributed by atoms with E-state index in [1.165, 1.54) is 6.07 Å². The zero-order chi connectivity index (χ0) is 20.7. The number of ether oxygens (including phenoxy) is 2. The molecule has 2 aromatic carbocycles. The average molecular weight is 393 g/mol. The van der Waals surface area contributed by atoms with Crippen molar-refractivity contribution in [2.24, 2.45) is 0 Å². The number of halogens is 2. The molecule has 6 nitrogen and oxygen atoms in total. The molecule has 0 spiro atoms. The van der Waals surface area contributed by atoms with Gasteiger partial charge in [-0.1, -0.05) is 18.2 Å². The standard InChI is InChI=1S/C20H21F2NO5/c1-12-9-15(10-13(2)18(12)27-11-17(24)25)19(26)23-8-7-14-5-3-4-6-16(14)28-20(21)22/h3-6,9-10,20H,7-8,11H2,1-2H3,(H,23,26)(H,24,25). The van der Waals surface area contributed by atoms with Crippen molar-refractivity contribution >= 4 is 11.9 Å². The van der Waals surface area contributed by atoms with Crippen LogP contribution in [0.1, 0.15) is 27.0 Å². The zero-order valence-electron chi connectivity index (χ0n) is 15.5. The van der Waals surface area contributed by atoms with Gasteiger partial charge in [0.1, 0.15) is 11.5 Å². The van der Waals surface area contributed by atoms with Gasteiger partial charge in [0.25, 0.3) is 5.91 Å². The summed E-state index contributed by atoms with van der Waals surface area (Å²) in [6, 6.07) is 9.62. The Morgan fingerprint density at radius 2 is 1.79 bits per heavy atom. The van der Waals surface area contributed by atoms with Crippen LogP contribution in [0.25, 0.3) is 0 Å². The fraction of sp³-hybridized carbons (Fsp3) is 0.300. The minimum Gasteiger partial charge on any atom is -0.481 e. The highest BCUT2D eigenvalue weighted by Gasteiger charge is 2.13. The molecule has 0 aliphatic carbocycles. The van der Waals surface area contributed by atoms with Gasteiger partial charge in [0.05, 0.1) is 0 Å². The number of carbonyl (C=O) groups is 2. The van der Waals surface area contributed by atoms with Crippen LogP contribution in [0.2, 0.25) is 0 Å². The number of nitrogens with one attached hydrogen (secondary N) is 1. The summed E-state index contributed by atoms with van der Waals surface area (Å²) in [5, 5.41) is 11.5. The Bertz CT molecular complexity index is 831. The summed E-state index contributed by atoms with van der Waals surface area (Å²) in [7, 11) is 0. The van der Waals surface area contributed by atoms with Gasteiger partial charge in [-0.15, -0.1) is 0 Å². The van der Waals surface area contributed by atoms with E-state index in [9.17, 15) is 18.4 Å². The van der Waals surface area contributed by atoms with Crippen molar-refractivity contribution in [2.45, 2.75) is 26.9 Å². The third-order valence-corrected chi connectivity index (χ3v) is 3.93. The maximum atomic E-state index is 12.4. The number of benzene rings is 2. The molecule has 0 aromatic heterocycles. The van der Waals surface area contributed by atoms with Crippen LogP contribution < -0.4 is 14.8 Å². The molecule has 150 valence electrons. The lowest BCUT2D eigenvalue weighted by molar-refractivity contribution is -0.139. The second kappa shape index (κ2) is 9.68. The summed E-state index contributed by atoms with van der Waals surface area (Å²) in [6.07, 6.45) is 0.326. The topological polar surface area (TPSA) is 84.9 Å². The first-order valence-electron chi connectivity index (χ1n) is 8.54. The number of para-hydroxylation sites is 1. The number of amides is 1. The van der Waals surface area contributed by atoms with E-state index in [0.29, 0.717) is 34.4 Å². The van der Waals surface area contributed by atoms with Crippen molar-refractivity contribution in [1.29, 1.82) is 0 Å². The summed E-state index contributed by atoms with van der Waals surface area (Å²) >= 11 is 0. The molecule has 28 heavy (non-hydrogen) atoms.